The summed E-state index contributed by atoms with van der Waals surface area (Å²) >= 11 is 0. The van der Waals surface area contributed by atoms with Crippen LogP contribution in [-0.4, -0.2) is 58.3 Å². The van der Waals surface area contributed by atoms with Gasteiger partial charge in [-0.05, 0) is 31.9 Å². The Morgan fingerprint density at radius 1 is 1.50 bits per heavy atom. The number of aromatic nitrogens is 2. The quantitative estimate of drug-likeness (QED) is 0.914. The summed E-state index contributed by atoms with van der Waals surface area (Å²) in [5.41, 5.74) is -0.713. The first-order chi connectivity index (χ1) is 11.5. The zero-order chi connectivity index (χ0) is 17.2. The van der Waals surface area contributed by atoms with Crippen molar-refractivity contribution in [3.8, 4) is 0 Å². The molecule has 1 atom stereocenters. The molecule has 0 aromatic carbocycles. The van der Waals surface area contributed by atoms with E-state index in [0.717, 1.165) is 18.8 Å². The number of carbonyl (C=O) groups is 1. The van der Waals surface area contributed by atoms with E-state index >= 15 is 0 Å². The molecule has 0 aliphatic carbocycles. The van der Waals surface area contributed by atoms with Gasteiger partial charge in [0.15, 0.2) is 5.69 Å². The average molecular weight is 330 g/mol. The predicted molar refractivity (Wildman–Crippen MR) is 88.8 cm³/mol. The van der Waals surface area contributed by atoms with Gasteiger partial charge in [-0.2, -0.15) is 0 Å². The van der Waals surface area contributed by atoms with Gasteiger partial charge in [0.1, 0.15) is 11.6 Å². The van der Waals surface area contributed by atoms with Crippen molar-refractivity contribution in [2.75, 3.05) is 31.6 Å². The molecular weight excluding hydrogens is 308 g/mol. The third kappa shape index (κ3) is 3.56. The third-order valence-electron chi connectivity index (χ3n) is 4.25. The number of nitrogens with zero attached hydrogens (tertiary/aromatic N) is 4. The molecule has 1 unspecified atom stereocenters. The summed E-state index contributed by atoms with van der Waals surface area (Å²) < 4.78 is 4.95. The fraction of sp³-hybridized carbons (Fsp3) is 0.471. The topological polar surface area (TPSA) is 82.7 Å². The van der Waals surface area contributed by atoms with Crippen molar-refractivity contribution < 1.29 is 14.4 Å². The van der Waals surface area contributed by atoms with Crippen LogP contribution in [0.4, 0.5) is 5.82 Å². The Labute approximate surface area is 140 Å². The summed E-state index contributed by atoms with van der Waals surface area (Å²) in [5, 5.41) is 14.7. The minimum atomic E-state index is -0.973. The summed E-state index contributed by atoms with van der Waals surface area (Å²) in [4.78, 5) is 20.3. The van der Waals surface area contributed by atoms with Crippen LogP contribution in [0.2, 0.25) is 0 Å². The molecule has 1 amide bonds. The molecule has 0 spiro atoms. The number of hydrogen-bond donors (Lipinski definition) is 1. The maximum atomic E-state index is 12.4. The second-order valence-corrected chi connectivity index (χ2v) is 6.42. The number of carbonyl (C=O) groups excluding carboxylic acids is 1. The number of pyridine rings is 1. The Morgan fingerprint density at radius 3 is 3.00 bits per heavy atom. The van der Waals surface area contributed by atoms with E-state index in [1.165, 1.54) is 4.90 Å². The zero-order valence-corrected chi connectivity index (χ0v) is 14.0. The Kier molecular flexibility index (Phi) is 4.53. The van der Waals surface area contributed by atoms with E-state index in [2.05, 4.69) is 15.0 Å². The maximum Gasteiger partial charge on any atom is 0.275 e. The van der Waals surface area contributed by atoms with Crippen LogP contribution in [-0.2, 0) is 0 Å². The highest BCUT2D eigenvalue weighted by Gasteiger charge is 2.36. The molecule has 3 heterocycles. The minimum absolute atomic E-state index is 0.237. The summed E-state index contributed by atoms with van der Waals surface area (Å²) in [6, 6.07) is 7.33. The summed E-state index contributed by atoms with van der Waals surface area (Å²) in [5.74, 6) is 1.18. The third-order valence-corrected chi connectivity index (χ3v) is 4.25. The van der Waals surface area contributed by atoms with Gasteiger partial charge in [-0.1, -0.05) is 11.2 Å². The van der Waals surface area contributed by atoms with E-state index < -0.39 is 5.60 Å². The van der Waals surface area contributed by atoms with Crippen molar-refractivity contribution in [1.82, 2.24) is 15.0 Å². The van der Waals surface area contributed by atoms with E-state index in [1.807, 2.05) is 18.2 Å². The molecule has 1 N–H and O–H groups in total. The fourth-order valence-corrected chi connectivity index (χ4v) is 3.15. The highest BCUT2D eigenvalue weighted by atomic mass is 16.5. The van der Waals surface area contributed by atoms with Crippen molar-refractivity contribution in [1.29, 1.82) is 0 Å². The normalized spacial score (nSPS) is 20.9. The number of anilines is 1. The Morgan fingerprint density at radius 2 is 2.33 bits per heavy atom. The highest BCUT2D eigenvalue weighted by molar-refractivity contribution is 5.92. The standard InChI is InChI=1S/C17H22N4O3/c1-13-10-14(19-24-13)16(22)20(2)11-17(23)7-5-9-21(12-17)15-6-3-4-8-18-15/h3-4,6,8,10,23H,5,7,9,11-12H2,1-2H3. The summed E-state index contributed by atoms with van der Waals surface area (Å²) in [6.45, 7) is 3.27. The first-order valence-corrected chi connectivity index (χ1v) is 8.04. The van der Waals surface area contributed by atoms with Gasteiger partial charge in [0.2, 0.25) is 0 Å². The van der Waals surface area contributed by atoms with Gasteiger partial charge < -0.3 is 19.4 Å². The molecule has 2 aromatic heterocycles. The van der Waals surface area contributed by atoms with Gasteiger partial charge in [-0.3, -0.25) is 4.79 Å². The molecule has 7 heteroatoms. The van der Waals surface area contributed by atoms with E-state index in [9.17, 15) is 9.90 Å². The Hall–Kier alpha value is -2.41. The fourth-order valence-electron chi connectivity index (χ4n) is 3.15. The lowest BCUT2D eigenvalue weighted by Gasteiger charge is -2.41. The van der Waals surface area contributed by atoms with Crippen LogP contribution in [0, 0.1) is 6.92 Å². The molecule has 0 saturated carbocycles. The van der Waals surface area contributed by atoms with Gasteiger partial charge in [-0.15, -0.1) is 0 Å². The molecule has 1 saturated heterocycles. The molecule has 1 aliphatic rings. The monoisotopic (exact) mass is 330 g/mol. The highest BCUT2D eigenvalue weighted by Crippen LogP contribution is 2.25. The molecule has 0 bridgehead atoms. The molecule has 7 nitrogen and oxygen atoms in total. The van der Waals surface area contributed by atoms with Crippen molar-refractivity contribution >= 4 is 11.7 Å². The number of β-amino-alcohol motifs (C(OH)–C–C–N with tert-alkyl or cyclic N) is 1. The van der Waals surface area contributed by atoms with Crippen LogP contribution in [0.25, 0.3) is 0 Å². The first kappa shape index (κ1) is 16.4. The summed E-state index contributed by atoms with van der Waals surface area (Å²) in [7, 11) is 1.67. The molecule has 0 radical (unpaired) electrons. The van der Waals surface area contributed by atoms with Gasteiger partial charge >= 0.3 is 0 Å². The van der Waals surface area contributed by atoms with E-state index in [-0.39, 0.29) is 18.1 Å². The zero-order valence-electron chi connectivity index (χ0n) is 14.0. The van der Waals surface area contributed by atoms with Crippen LogP contribution in [0.1, 0.15) is 29.1 Å². The average Bonchev–Trinajstić information content (AvgIpc) is 3.01. The number of likely N-dealkylation sites (N-methyl/N-ethyl adjacent to an activating group) is 1. The van der Waals surface area contributed by atoms with Crippen molar-refractivity contribution in [2.45, 2.75) is 25.4 Å². The van der Waals surface area contributed by atoms with Crippen molar-refractivity contribution in [2.24, 2.45) is 0 Å². The number of piperidine rings is 1. The van der Waals surface area contributed by atoms with Gasteiger partial charge in [0, 0.05) is 32.4 Å². The summed E-state index contributed by atoms with van der Waals surface area (Å²) in [6.07, 6.45) is 3.23. The molecular formula is C17H22N4O3. The second-order valence-electron chi connectivity index (χ2n) is 6.42. The minimum Gasteiger partial charge on any atom is -0.386 e. The van der Waals surface area contributed by atoms with Crippen LogP contribution in [0.15, 0.2) is 35.0 Å². The number of amides is 1. The lowest BCUT2D eigenvalue weighted by molar-refractivity contribution is -0.000377. The predicted octanol–water partition coefficient (Wildman–Crippen LogP) is 1.48. The van der Waals surface area contributed by atoms with Crippen LogP contribution in [0.3, 0.4) is 0 Å². The number of rotatable bonds is 4. The van der Waals surface area contributed by atoms with E-state index in [1.54, 1.807) is 26.2 Å². The van der Waals surface area contributed by atoms with Gasteiger partial charge in [-0.25, -0.2) is 4.98 Å². The second kappa shape index (κ2) is 6.60. The van der Waals surface area contributed by atoms with Gasteiger partial charge in [0.05, 0.1) is 12.1 Å². The van der Waals surface area contributed by atoms with E-state index in [4.69, 9.17) is 4.52 Å². The van der Waals surface area contributed by atoms with Crippen molar-refractivity contribution in [3.05, 3.63) is 41.9 Å². The SMILES string of the molecule is Cc1cc(C(=O)N(C)CC2(O)CCCN(c3ccccn3)C2)no1. The maximum absolute atomic E-state index is 12.4. The molecule has 128 valence electrons. The first-order valence-electron chi connectivity index (χ1n) is 8.04. The van der Waals surface area contributed by atoms with Crippen LogP contribution < -0.4 is 4.90 Å². The lowest BCUT2D eigenvalue weighted by atomic mass is 9.92. The Balaban J connectivity index is 1.67. The van der Waals surface area contributed by atoms with Crippen LogP contribution >= 0.6 is 0 Å². The van der Waals surface area contributed by atoms with Crippen molar-refractivity contribution in [3.63, 3.8) is 0 Å². The molecule has 2 aromatic rings. The molecule has 1 aliphatic heterocycles. The lowest BCUT2D eigenvalue weighted by Crippen LogP contribution is -2.54. The number of aliphatic hydroxyl groups is 1. The van der Waals surface area contributed by atoms with E-state index in [0.29, 0.717) is 18.7 Å². The molecule has 1 fully saturated rings. The smallest absolute Gasteiger partial charge is 0.275 e. The largest absolute Gasteiger partial charge is 0.386 e. The van der Waals surface area contributed by atoms with Gasteiger partial charge in [0.25, 0.3) is 5.91 Å². The Bertz CT molecular complexity index is 703. The molecule has 24 heavy (non-hydrogen) atoms. The molecule has 3 rings (SSSR count). The number of aryl methyl sites for hydroxylation is 1. The number of hydrogen-bond acceptors (Lipinski definition) is 6. The van der Waals surface area contributed by atoms with Crippen LogP contribution in [0.5, 0.6) is 0 Å².